The smallest absolute Gasteiger partial charge is 0.243 e. The highest BCUT2D eigenvalue weighted by atomic mass is 35.5. The minimum Gasteiger partial charge on any atom is -0.353 e. The van der Waals surface area contributed by atoms with Crippen molar-refractivity contribution in [2.45, 2.75) is 38.6 Å². The summed E-state index contributed by atoms with van der Waals surface area (Å²) < 4.78 is 26.4. The molecule has 0 aliphatic rings. The maximum Gasteiger partial charge on any atom is 0.243 e. The van der Waals surface area contributed by atoms with Gasteiger partial charge in [-0.3, -0.25) is 4.79 Å². The second-order valence-corrected chi connectivity index (χ2v) is 7.33. The van der Waals surface area contributed by atoms with E-state index in [2.05, 4.69) is 5.32 Å². The van der Waals surface area contributed by atoms with E-state index in [0.717, 1.165) is 4.31 Å². The molecule has 5 nitrogen and oxygen atoms in total. The summed E-state index contributed by atoms with van der Waals surface area (Å²) in [6.07, 6.45) is 0. The van der Waals surface area contributed by atoms with Crippen molar-refractivity contribution >= 4 is 27.5 Å². The van der Waals surface area contributed by atoms with Crippen molar-refractivity contribution in [3.05, 3.63) is 28.8 Å². The summed E-state index contributed by atoms with van der Waals surface area (Å²) in [5.41, 5.74) is 0.488. The highest BCUT2D eigenvalue weighted by molar-refractivity contribution is 7.89. The molecule has 0 aliphatic carbocycles. The molecule has 0 spiro atoms. The second kappa shape index (κ2) is 7.24. The molecular formula is C14H21ClN2O3S. The lowest BCUT2D eigenvalue weighted by Gasteiger charge is -2.22. The van der Waals surface area contributed by atoms with E-state index in [1.54, 1.807) is 26.0 Å². The Kier molecular flexibility index (Phi) is 6.19. The maximum atomic E-state index is 12.6. The summed E-state index contributed by atoms with van der Waals surface area (Å²) >= 11 is 5.98. The first-order valence-corrected chi connectivity index (χ1v) is 8.56. The van der Waals surface area contributed by atoms with Gasteiger partial charge in [-0.2, -0.15) is 4.31 Å². The Bertz CT molecular complexity index is 615. The number of sulfonamides is 1. The van der Waals surface area contributed by atoms with Crippen LogP contribution < -0.4 is 5.32 Å². The number of rotatable bonds is 6. The molecule has 0 aromatic heterocycles. The van der Waals surface area contributed by atoms with Gasteiger partial charge in [0.2, 0.25) is 15.9 Å². The molecule has 118 valence electrons. The van der Waals surface area contributed by atoms with Crippen LogP contribution in [-0.4, -0.2) is 37.8 Å². The molecule has 1 amide bonds. The van der Waals surface area contributed by atoms with Gasteiger partial charge in [-0.05, 0) is 38.5 Å². The Balaban J connectivity index is 3.08. The molecule has 0 radical (unpaired) electrons. The number of likely N-dealkylation sites (N-methyl/N-ethyl adjacent to an activating group) is 1. The molecule has 0 aliphatic heterocycles. The van der Waals surface area contributed by atoms with Crippen molar-refractivity contribution in [1.29, 1.82) is 0 Å². The third-order valence-electron chi connectivity index (χ3n) is 2.96. The van der Waals surface area contributed by atoms with E-state index >= 15 is 0 Å². The van der Waals surface area contributed by atoms with Crippen LogP contribution in [0.4, 0.5) is 0 Å². The van der Waals surface area contributed by atoms with Crippen molar-refractivity contribution < 1.29 is 13.2 Å². The van der Waals surface area contributed by atoms with Gasteiger partial charge in [0.05, 0.1) is 11.4 Å². The highest BCUT2D eigenvalue weighted by Crippen LogP contribution is 2.25. The van der Waals surface area contributed by atoms with Crippen LogP contribution in [0, 0.1) is 6.92 Å². The molecule has 0 saturated heterocycles. The normalized spacial score (nSPS) is 12.0. The van der Waals surface area contributed by atoms with Gasteiger partial charge in [-0.1, -0.05) is 24.6 Å². The van der Waals surface area contributed by atoms with Crippen molar-refractivity contribution in [2.24, 2.45) is 0 Å². The molecule has 1 aromatic carbocycles. The van der Waals surface area contributed by atoms with Crippen molar-refractivity contribution in [1.82, 2.24) is 9.62 Å². The Labute approximate surface area is 131 Å². The quantitative estimate of drug-likeness (QED) is 0.868. The SMILES string of the molecule is CCN(CC(=O)NC(C)C)S(=O)(=O)c1cccc(Cl)c1C. The molecule has 1 N–H and O–H groups in total. The average Bonchev–Trinajstić information content (AvgIpc) is 2.37. The van der Waals surface area contributed by atoms with Gasteiger partial charge in [0.1, 0.15) is 0 Å². The minimum absolute atomic E-state index is 0.0354. The third kappa shape index (κ3) is 4.43. The molecule has 1 rings (SSSR count). The van der Waals surface area contributed by atoms with Crippen LogP contribution in [-0.2, 0) is 14.8 Å². The molecule has 0 bridgehead atoms. The zero-order valence-corrected chi connectivity index (χ0v) is 14.3. The number of benzene rings is 1. The van der Waals surface area contributed by atoms with Crippen LogP contribution in [0.25, 0.3) is 0 Å². The van der Waals surface area contributed by atoms with Crippen LogP contribution in [0.5, 0.6) is 0 Å². The molecule has 0 atom stereocenters. The van der Waals surface area contributed by atoms with Gasteiger partial charge < -0.3 is 5.32 Å². The standard InChI is InChI=1S/C14H21ClN2O3S/c1-5-17(9-14(18)16-10(2)3)21(19,20)13-8-6-7-12(15)11(13)4/h6-8,10H,5,9H2,1-4H3,(H,16,18). The monoisotopic (exact) mass is 332 g/mol. The number of amides is 1. The molecule has 0 heterocycles. The minimum atomic E-state index is -3.75. The van der Waals surface area contributed by atoms with E-state index in [1.165, 1.54) is 6.07 Å². The zero-order valence-electron chi connectivity index (χ0n) is 12.7. The van der Waals surface area contributed by atoms with E-state index in [1.807, 2.05) is 13.8 Å². The molecule has 0 fully saturated rings. The van der Waals surface area contributed by atoms with Gasteiger partial charge in [0.15, 0.2) is 0 Å². The lowest BCUT2D eigenvalue weighted by atomic mass is 10.2. The van der Waals surface area contributed by atoms with E-state index in [4.69, 9.17) is 11.6 Å². The van der Waals surface area contributed by atoms with E-state index in [9.17, 15) is 13.2 Å². The summed E-state index contributed by atoms with van der Waals surface area (Å²) in [7, 11) is -3.75. The summed E-state index contributed by atoms with van der Waals surface area (Å²) in [5.74, 6) is -0.324. The van der Waals surface area contributed by atoms with Crippen molar-refractivity contribution in [3.8, 4) is 0 Å². The summed E-state index contributed by atoms with van der Waals surface area (Å²) in [6, 6.07) is 4.69. The Morgan fingerprint density at radius 1 is 1.38 bits per heavy atom. The zero-order chi connectivity index (χ0) is 16.2. The van der Waals surface area contributed by atoms with Gasteiger partial charge in [0.25, 0.3) is 0 Å². The number of hydrogen-bond acceptors (Lipinski definition) is 3. The molecular weight excluding hydrogens is 312 g/mol. The number of halogens is 1. The average molecular weight is 333 g/mol. The lowest BCUT2D eigenvalue weighted by Crippen LogP contribution is -2.42. The first-order chi connectivity index (χ1) is 9.70. The second-order valence-electron chi connectivity index (χ2n) is 5.02. The highest BCUT2D eigenvalue weighted by Gasteiger charge is 2.27. The van der Waals surface area contributed by atoms with Crippen molar-refractivity contribution in [2.75, 3.05) is 13.1 Å². The van der Waals surface area contributed by atoms with Gasteiger partial charge in [0, 0.05) is 17.6 Å². The van der Waals surface area contributed by atoms with E-state index < -0.39 is 10.0 Å². The number of hydrogen-bond donors (Lipinski definition) is 1. The molecule has 7 heteroatoms. The fourth-order valence-corrected chi connectivity index (χ4v) is 3.78. The fourth-order valence-electron chi connectivity index (χ4n) is 1.90. The molecule has 0 unspecified atom stereocenters. The van der Waals surface area contributed by atoms with Crippen LogP contribution in [0.2, 0.25) is 5.02 Å². The van der Waals surface area contributed by atoms with Crippen LogP contribution in [0.1, 0.15) is 26.3 Å². The lowest BCUT2D eigenvalue weighted by molar-refractivity contribution is -0.121. The fraction of sp³-hybridized carbons (Fsp3) is 0.500. The van der Waals surface area contributed by atoms with Gasteiger partial charge in [-0.15, -0.1) is 0 Å². The largest absolute Gasteiger partial charge is 0.353 e. The van der Waals surface area contributed by atoms with Gasteiger partial charge >= 0.3 is 0 Å². The van der Waals surface area contributed by atoms with Crippen LogP contribution in [0.15, 0.2) is 23.1 Å². The van der Waals surface area contributed by atoms with Crippen molar-refractivity contribution in [3.63, 3.8) is 0 Å². The van der Waals surface area contributed by atoms with Crippen LogP contribution >= 0.6 is 11.6 Å². The first kappa shape index (κ1) is 17.9. The molecule has 1 aromatic rings. The predicted octanol–water partition coefficient (Wildman–Crippen LogP) is 2.18. The van der Waals surface area contributed by atoms with E-state index in [0.29, 0.717) is 10.6 Å². The van der Waals surface area contributed by atoms with E-state index in [-0.39, 0.29) is 29.9 Å². The third-order valence-corrected chi connectivity index (χ3v) is 5.43. The topological polar surface area (TPSA) is 66.5 Å². The Morgan fingerprint density at radius 3 is 2.52 bits per heavy atom. The van der Waals surface area contributed by atoms with Crippen LogP contribution in [0.3, 0.4) is 0 Å². The summed E-state index contributed by atoms with van der Waals surface area (Å²) in [5, 5.41) is 3.07. The van der Waals surface area contributed by atoms with Gasteiger partial charge in [-0.25, -0.2) is 8.42 Å². The first-order valence-electron chi connectivity index (χ1n) is 6.74. The number of carbonyl (C=O) groups is 1. The number of nitrogens with zero attached hydrogens (tertiary/aromatic N) is 1. The summed E-state index contributed by atoms with van der Waals surface area (Å²) in [4.78, 5) is 11.9. The Hall–Kier alpha value is -1.11. The molecule has 0 saturated carbocycles. The molecule has 21 heavy (non-hydrogen) atoms. The summed E-state index contributed by atoms with van der Waals surface area (Å²) in [6.45, 7) is 6.99. The number of carbonyl (C=O) groups excluding carboxylic acids is 1. The predicted molar refractivity (Wildman–Crippen MR) is 83.9 cm³/mol. The maximum absolute atomic E-state index is 12.6. The number of nitrogens with one attached hydrogen (secondary N) is 1. The Morgan fingerprint density at radius 2 is 2.00 bits per heavy atom.